The summed E-state index contributed by atoms with van der Waals surface area (Å²) in [6.07, 6.45) is 1.56. The van der Waals surface area contributed by atoms with Gasteiger partial charge in [-0.3, -0.25) is 9.78 Å². The van der Waals surface area contributed by atoms with E-state index in [0.717, 1.165) is 5.69 Å². The van der Waals surface area contributed by atoms with Crippen LogP contribution in [-0.4, -0.2) is 24.0 Å². The van der Waals surface area contributed by atoms with Crippen LogP contribution < -0.4 is 10.6 Å². The molecule has 3 aromatic rings. The van der Waals surface area contributed by atoms with E-state index in [1.54, 1.807) is 42.6 Å². The van der Waals surface area contributed by atoms with Crippen molar-refractivity contribution in [3.8, 4) is 0 Å². The number of carbonyl (C=O) groups excluding carboxylic acids is 2. The minimum atomic E-state index is -0.389. The van der Waals surface area contributed by atoms with Crippen LogP contribution in [0.4, 0.5) is 17.1 Å². The zero-order valence-corrected chi connectivity index (χ0v) is 14.1. The van der Waals surface area contributed by atoms with Gasteiger partial charge in [-0.25, -0.2) is 4.79 Å². The van der Waals surface area contributed by atoms with E-state index in [9.17, 15) is 9.59 Å². The molecule has 6 nitrogen and oxygen atoms in total. The third kappa shape index (κ3) is 4.24. The Morgan fingerprint density at radius 1 is 0.885 bits per heavy atom. The Morgan fingerprint density at radius 2 is 1.62 bits per heavy atom. The molecule has 0 saturated carbocycles. The number of methoxy groups -OCH3 is 1. The van der Waals surface area contributed by atoms with Crippen LogP contribution in [0.15, 0.2) is 72.9 Å². The highest BCUT2D eigenvalue weighted by Crippen LogP contribution is 2.18. The summed E-state index contributed by atoms with van der Waals surface area (Å²) in [7, 11) is 1.34. The van der Waals surface area contributed by atoms with E-state index in [4.69, 9.17) is 0 Å². The number of hydrogen-bond acceptors (Lipinski definition) is 5. The highest BCUT2D eigenvalue weighted by Gasteiger charge is 2.09. The van der Waals surface area contributed by atoms with Crippen LogP contribution in [-0.2, 0) is 4.74 Å². The van der Waals surface area contributed by atoms with Gasteiger partial charge in [-0.05, 0) is 48.5 Å². The summed E-state index contributed by atoms with van der Waals surface area (Å²) in [6, 6.07) is 19.5. The number of pyridine rings is 1. The largest absolute Gasteiger partial charge is 0.465 e. The van der Waals surface area contributed by atoms with E-state index in [1.165, 1.54) is 7.11 Å². The molecule has 0 radical (unpaired) electrons. The molecular weight excluding hydrogens is 330 g/mol. The Hall–Kier alpha value is -3.67. The van der Waals surface area contributed by atoms with E-state index in [-0.39, 0.29) is 11.9 Å². The Bertz CT molecular complexity index is 909. The molecule has 0 aliphatic rings. The minimum absolute atomic E-state index is 0.291. The smallest absolute Gasteiger partial charge is 0.337 e. The Balaban J connectivity index is 1.71. The molecule has 1 aromatic heterocycles. The van der Waals surface area contributed by atoms with Gasteiger partial charge in [-0.2, -0.15) is 0 Å². The fraction of sp³-hybridized carbons (Fsp3) is 0.0500. The summed E-state index contributed by atoms with van der Waals surface area (Å²) >= 11 is 0. The third-order valence-electron chi connectivity index (χ3n) is 3.62. The van der Waals surface area contributed by atoms with Gasteiger partial charge < -0.3 is 15.4 Å². The lowest BCUT2D eigenvalue weighted by Crippen LogP contribution is -2.13. The van der Waals surface area contributed by atoms with Crippen molar-refractivity contribution < 1.29 is 14.3 Å². The highest BCUT2D eigenvalue weighted by molar-refractivity contribution is 6.03. The molecule has 1 amide bonds. The number of ether oxygens (including phenoxy) is 1. The SMILES string of the molecule is COC(=O)c1ccc(Nc2ccnc(C(=O)Nc3ccccc3)c2)cc1. The number of hydrogen-bond donors (Lipinski definition) is 2. The van der Waals surface area contributed by atoms with Crippen molar-refractivity contribution in [2.24, 2.45) is 0 Å². The number of carbonyl (C=O) groups is 2. The maximum Gasteiger partial charge on any atom is 0.337 e. The van der Waals surface area contributed by atoms with Crippen molar-refractivity contribution in [3.05, 3.63) is 84.2 Å². The van der Waals surface area contributed by atoms with Crippen molar-refractivity contribution in [3.63, 3.8) is 0 Å². The first-order valence-electron chi connectivity index (χ1n) is 7.93. The molecule has 26 heavy (non-hydrogen) atoms. The molecule has 0 aliphatic heterocycles. The van der Waals surface area contributed by atoms with Crippen LogP contribution in [0.25, 0.3) is 0 Å². The molecule has 0 atom stereocenters. The van der Waals surface area contributed by atoms with Crippen LogP contribution in [0, 0.1) is 0 Å². The average molecular weight is 347 g/mol. The second-order valence-corrected chi connectivity index (χ2v) is 5.44. The zero-order valence-electron chi connectivity index (χ0n) is 14.1. The third-order valence-corrected chi connectivity index (χ3v) is 3.62. The van der Waals surface area contributed by atoms with Gasteiger partial charge in [-0.1, -0.05) is 18.2 Å². The van der Waals surface area contributed by atoms with Crippen LogP contribution in [0.1, 0.15) is 20.8 Å². The molecule has 0 spiro atoms. The first-order chi connectivity index (χ1) is 12.7. The molecule has 2 N–H and O–H groups in total. The first kappa shape index (κ1) is 17.2. The number of esters is 1. The van der Waals surface area contributed by atoms with Gasteiger partial charge in [0.2, 0.25) is 0 Å². The standard InChI is InChI=1S/C20H17N3O3/c1-26-20(25)14-7-9-16(10-8-14)22-17-11-12-21-18(13-17)19(24)23-15-5-3-2-4-6-15/h2-13H,1H3,(H,21,22)(H,23,24). The molecular formula is C20H17N3O3. The summed E-state index contributed by atoms with van der Waals surface area (Å²) < 4.78 is 4.67. The van der Waals surface area contributed by atoms with Gasteiger partial charge in [0.1, 0.15) is 5.69 Å². The molecule has 6 heteroatoms. The number of benzene rings is 2. The molecule has 1 heterocycles. The number of rotatable bonds is 5. The monoisotopic (exact) mass is 347 g/mol. The summed E-state index contributed by atoms with van der Waals surface area (Å²) in [5, 5.41) is 5.97. The molecule has 0 aliphatic carbocycles. The van der Waals surface area contributed by atoms with Crippen molar-refractivity contribution >= 4 is 28.9 Å². The number of anilines is 3. The van der Waals surface area contributed by atoms with E-state index >= 15 is 0 Å². The van der Waals surface area contributed by atoms with E-state index in [1.807, 2.05) is 30.3 Å². The zero-order chi connectivity index (χ0) is 18.4. The maximum absolute atomic E-state index is 12.3. The van der Waals surface area contributed by atoms with Crippen LogP contribution >= 0.6 is 0 Å². The predicted molar refractivity (Wildman–Crippen MR) is 99.7 cm³/mol. The second-order valence-electron chi connectivity index (χ2n) is 5.44. The molecule has 130 valence electrons. The van der Waals surface area contributed by atoms with Crippen LogP contribution in [0.3, 0.4) is 0 Å². The topological polar surface area (TPSA) is 80.3 Å². The summed E-state index contributed by atoms with van der Waals surface area (Å²) in [5.74, 6) is -0.679. The van der Waals surface area contributed by atoms with Crippen molar-refractivity contribution in [1.29, 1.82) is 0 Å². The maximum atomic E-state index is 12.3. The Kier molecular flexibility index (Phi) is 5.24. The lowest BCUT2D eigenvalue weighted by Gasteiger charge is -2.09. The van der Waals surface area contributed by atoms with Crippen molar-refractivity contribution in [2.75, 3.05) is 17.7 Å². The van der Waals surface area contributed by atoms with Gasteiger partial charge >= 0.3 is 5.97 Å². The average Bonchev–Trinajstić information content (AvgIpc) is 2.69. The lowest BCUT2D eigenvalue weighted by molar-refractivity contribution is 0.0600. The Labute approximate surface area is 150 Å². The molecule has 0 unspecified atom stereocenters. The van der Waals surface area contributed by atoms with Crippen molar-refractivity contribution in [2.45, 2.75) is 0 Å². The Morgan fingerprint density at radius 3 is 2.31 bits per heavy atom. The van der Waals surface area contributed by atoms with Gasteiger partial charge in [0.15, 0.2) is 0 Å². The van der Waals surface area contributed by atoms with Crippen molar-refractivity contribution in [1.82, 2.24) is 4.98 Å². The fourth-order valence-electron chi connectivity index (χ4n) is 2.32. The molecule has 3 rings (SSSR count). The predicted octanol–water partition coefficient (Wildman–Crippen LogP) is 3.86. The van der Waals surface area contributed by atoms with E-state index in [2.05, 4.69) is 20.4 Å². The normalized spacial score (nSPS) is 10.0. The molecule has 0 saturated heterocycles. The lowest BCUT2D eigenvalue weighted by atomic mass is 10.2. The summed E-state index contributed by atoms with van der Waals surface area (Å²) in [4.78, 5) is 27.9. The summed E-state index contributed by atoms with van der Waals surface area (Å²) in [6.45, 7) is 0. The fourth-order valence-corrected chi connectivity index (χ4v) is 2.32. The van der Waals surface area contributed by atoms with Crippen LogP contribution in [0.2, 0.25) is 0 Å². The van der Waals surface area contributed by atoms with Gasteiger partial charge in [0, 0.05) is 23.3 Å². The highest BCUT2D eigenvalue weighted by atomic mass is 16.5. The van der Waals surface area contributed by atoms with Gasteiger partial charge in [0.25, 0.3) is 5.91 Å². The minimum Gasteiger partial charge on any atom is -0.465 e. The van der Waals surface area contributed by atoms with E-state index in [0.29, 0.717) is 22.6 Å². The van der Waals surface area contributed by atoms with Gasteiger partial charge in [-0.15, -0.1) is 0 Å². The van der Waals surface area contributed by atoms with Gasteiger partial charge in [0.05, 0.1) is 12.7 Å². The van der Waals surface area contributed by atoms with Crippen LogP contribution in [0.5, 0.6) is 0 Å². The van der Waals surface area contributed by atoms with E-state index < -0.39 is 0 Å². The quantitative estimate of drug-likeness (QED) is 0.685. The summed E-state index contributed by atoms with van der Waals surface area (Å²) in [5.41, 5.74) is 2.96. The number of amides is 1. The molecule has 2 aromatic carbocycles. The second kappa shape index (κ2) is 7.94. The number of aromatic nitrogens is 1. The first-order valence-corrected chi connectivity index (χ1v) is 7.93. The molecule has 0 bridgehead atoms. The number of nitrogens with one attached hydrogen (secondary N) is 2. The number of nitrogens with zero attached hydrogens (tertiary/aromatic N) is 1. The molecule has 0 fully saturated rings. The number of para-hydroxylation sites is 1.